The minimum absolute atomic E-state index is 0.199. The molecule has 1 unspecified atom stereocenters. The van der Waals surface area contributed by atoms with E-state index in [2.05, 4.69) is 11.2 Å². The Bertz CT molecular complexity index is 382. The van der Waals surface area contributed by atoms with E-state index < -0.39 is 34.5 Å². The zero-order valence-electron chi connectivity index (χ0n) is 12.0. The summed E-state index contributed by atoms with van der Waals surface area (Å²) in [6.45, 7) is 1.73. The molecule has 1 atom stereocenters. The van der Waals surface area contributed by atoms with Gasteiger partial charge in [0.2, 0.25) is 0 Å². The number of hydrogen-bond donors (Lipinski definition) is 1. The summed E-state index contributed by atoms with van der Waals surface area (Å²) in [7, 11) is -1.06. The molecule has 21 heavy (non-hydrogen) atoms. The van der Waals surface area contributed by atoms with Crippen LogP contribution in [-0.4, -0.2) is 60.5 Å². The van der Waals surface area contributed by atoms with Crippen LogP contribution in [0.15, 0.2) is 0 Å². The van der Waals surface area contributed by atoms with E-state index in [0.717, 1.165) is 0 Å². The van der Waals surface area contributed by atoms with Crippen molar-refractivity contribution in [3.63, 3.8) is 0 Å². The first kappa shape index (κ1) is 20.6. The molecular weight excluding hydrogens is 317 g/mol. The zero-order valence-corrected chi connectivity index (χ0v) is 12.8. The van der Waals surface area contributed by atoms with Crippen molar-refractivity contribution in [2.45, 2.75) is 31.4 Å². The average Bonchev–Trinajstić information content (AvgIpc) is 2.31. The Balaban J connectivity index is 3.94. The van der Waals surface area contributed by atoms with Gasteiger partial charge >= 0.3 is 12.1 Å². The number of halogens is 5. The van der Waals surface area contributed by atoms with Gasteiger partial charge in [-0.15, -0.1) is 0 Å². The Hall–Kier alpha value is -0.410. The summed E-state index contributed by atoms with van der Waals surface area (Å²) < 4.78 is 77.9. The number of hydrogen-bond acceptors (Lipinski definition) is 3. The van der Waals surface area contributed by atoms with Crippen molar-refractivity contribution in [2.24, 2.45) is 0 Å². The van der Waals surface area contributed by atoms with E-state index in [-0.39, 0.29) is 11.5 Å². The largest absolute Gasteiger partial charge is 0.453 e. The molecule has 0 bridgehead atoms. The molecule has 0 amide bonds. The normalized spacial score (nSPS) is 15.9. The summed E-state index contributed by atoms with van der Waals surface area (Å²) >= 11 is 0. The van der Waals surface area contributed by atoms with Gasteiger partial charge in [0.1, 0.15) is 0 Å². The van der Waals surface area contributed by atoms with Gasteiger partial charge in [0, 0.05) is 31.6 Å². The molecule has 128 valence electrons. The lowest BCUT2D eigenvalue weighted by Gasteiger charge is -2.19. The van der Waals surface area contributed by atoms with Gasteiger partial charge in [-0.25, -0.2) is 0 Å². The predicted octanol–water partition coefficient (Wildman–Crippen LogP) is 2.31. The molecule has 0 heterocycles. The predicted molar refractivity (Wildman–Crippen MR) is 74.6 cm³/mol. The maximum absolute atomic E-state index is 12.7. The van der Waals surface area contributed by atoms with E-state index in [9.17, 15) is 26.2 Å². The third kappa shape index (κ3) is 9.26. The summed E-state index contributed by atoms with van der Waals surface area (Å²) in [5.74, 6) is -1.32. The molecule has 0 radical (unpaired) electrons. The van der Waals surface area contributed by atoms with Crippen molar-refractivity contribution in [1.29, 1.82) is 0 Å². The molecule has 0 aliphatic rings. The highest BCUT2D eigenvalue weighted by Gasteiger charge is 2.56. The van der Waals surface area contributed by atoms with E-state index in [1.165, 1.54) is 0 Å². The van der Waals surface area contributed by atoms with Crippen molar-refractivity contribution in [3.05, 3.63) is 0 Å². The molecule has 1 N–H and O–H groups in total. The second-order valence-corrected chi connectivity index (χ2v) is 7.52. The number of methoxy groups -OCH3 is 1. The number of rotatable bonds is 11. The van der Waals surface area contributed by atoms with E-state index in [1.54, 1.807) is 7.11 Å². The smallest absolute Gasteiger partial charge is 0.383 e. The third-order valence-corrected chi connectivity index (χ3v) is 4.84. The number of alkyl halides is 5. The van der Waals surface area contributed by atoms with Crippen LogP contribution >= 0.6 is 0 Å². The molecule has 0 spiro atoms. The quantitative estimate of drug-likeness (QED) is 0.357. The highest BCUT2D eigenvalue weighted by molar-refractivity contribution is 8.00. The number of ether oxygens (including phenoxy) is 1. The minimum atomic E-state index is -5.56. The highest BCUT2D eigenvalue weighted by atomic mass is 32.2. The van der Waals surface area contributed by atoms with Gasteiger partial charge in [0.05, 0.1) is 6.61 Å². The van der Waals surface area contributed by atoms with E-state index >= 15 is 0 Å². The van der Waals surface area contributed by atoms with Gasteiger partial charge < -0.3 is 10.1 Å². The van der Waals surface area contributed by atoms with Crippen molar-refractivity contribution < 1.29 is 30.9 Å². The molecular formula is C12H22F5NO2S. The molecule has 3 nitrogen and oxygen atoms in total. The van der Waals surface area contributed by atoms with Crippen LogP contribution in [-0.2, 0) is 14.3 Å². The van der Waals surface area contributed by atoms with Gasteiger partial charge in [0.25, 0.3) is 0 Å². The summed E-state index contributed by atoms with van der Waals surface area (Å²) in [5.41, 5.74) is 0. The molecule has 0 aromatic rings. The highest BCUT2D eigenvalue weighted by Crippen LogP contribution is 2.38. The van der Waals surface area contributed by atoms with Crippen molar-refractivity contribution >= 4 is 15.4 Å². The standard InChI is InChI=1S/C12H22F5NO2S/c1-20-8-7-18-6-4-10-21(2,19)9-3-5-11(13,14)12(15,16)17/h18H,2-10H2,1H3. The molecule has 0 aliphatic heterocycles. The van der Waals surface area contributed by atoms with Crippen LogP contribution in [0, 0.1) is 0 Å². The first-order chi connectivity index (χ1) is 9.52. The summed E-state index contributed by atoms with van der Waals surface area (Å²) in [6, 6.07) is 0. The summed E-state index contributed by atoms with van der Waals surface area (Å²) in [5, 5.41) is 3.01. The Morgan fingerprint density at radius 3 is 2.19 bits per heavy atom. The third-order valence-electron chi connectivity index (χ3n) is 2.77. The van der Waals surface area contributed by atoms with E-state index in [1.807, 2.05) is 0 Å². The van der Waals surface area contributed by atoms with Crippen LogP contribution in [0.5, 0.6) is 0 Å². The molecule has 0 saturated heterocycles. The molecule has 0 aromatic heterocycles. The van der Waals surface area contributed by atoms with Crippen LogP contribution in [0.25, 0.3) is 0 Å². The topological polar surface area (TPSA) is 38.3 Å². The fourth-order valence-corrected chi connectivity index (χ4v) is 3.11. The van der Waals surface area contributed by atoms with Crippen molar-refractivity contribution in [1.82, 2.24) is 5.32 Å². The van der Waals surface area contributed by atoms with Gasteiger partial charge in [-0.3, -0.25) is 4.21 Å². The maximum atomic E-state index is 12.7. The Kier molecular flexibility index (Phi) is 8.72. The van der Waals surface area contributed by atoms with Crippen LogP contribution in [0.4, 0.5) is 22.0 Å². The van der Waals surface area contributed by atoms with Crippen LogP contribution in [0.2, 0.25) is 0 Å². The second kappa shape index (κ2) is 8.89. The fraction of sp³-hybridized carbons (Fsp3) is 0.917. The number of nitrogens with one attached hydrogen (secondary N) is 1. The molecule has 0 aromatic carbocycles. The van der Waals surface area contributed by atoms with Crippen molar-refractivity contribution in [2.75, 3.05) is 38.3 Å². The fourth-order valence-electron chi connectivity index (χ4n) is 1.56. The molecule has 0 aliphatic carbocycles. The van der Waals surface area contributed by atoms with Gasteiger partial charge in [-0.2, -0.15) is 22.0 Å². The average molecular weight is 339 g/mol. The lowest BCUT2D eigenvalue weighted by molar-refractivity contribution is -0.284. The molecule has 0 rings (SSSR count). The first-order valence-corrected chi connectivity index (χ1v) is 8.55. The van der Waals surface area contributed by atoms with E-state index in [4.69, 9.17) is 4.74 Å². The van der Waals surface area contributed by atoms with Crippen LogP contribution < -0.4 is 5.32 Å². The summed E-state index contributed by atoms with van der Waals surface area (Å²) in [4.78, 5) is 0. The minimum Gasteiger partial charge on any atom is -0.383 e. The summed E-state index contributed by atoms with van der Waals surface area (Å²) in [6.07, 6.45) is -6.86. The first-order valence-electron chi connectivity index (χ1n) is 6.49. The SMILES string of the molecule is C=S(=O)(CCCNCCOC)CCCC(F)(F)C(F)(F)F. The molecule has 9 heteroatoms. The molecule has 0 saturated carbocycles. The Morgan fingerprint density at radius 1 is 1.10 bits per heavy atom. The van der Waals surface area contributed by atoms with E-state index in [0.29, 0.717) is 26.1 Å². The molecule has 0 fully saturated rings. The van der Waals surface area contributed by atoms with Gasteiger partial charge in [-0.05, 0) is 34.8 Å². The van der Waals surface area contributed by atoms with Crippen LogP contribution in [0.1, 0.15) is 19.3 Å². The van der Waals surface area contributed by atoms with Crippen molar-refractivity contribution in [3.8, 4) is 0 Å². The lowest BCUT2D eigenvalue weighted by atomic mass is 10.2. The monoisotopic (exact) mass is 339 g/mol. The zero-order chi connectivity index (χ0) is 16.6. The van der Waals surface area contributed by atoms with Crippen LogP contribution in [0.3, 0.4) is 0 Å². The Morgan fingerprint density at radius 2 is 1.67 bits per heavy atom. The van der Waals surface area contributed by atoms with Gasteiger partial charge in [0.15, 0.2) is 0 Å². The Labute approximate surface area is 122 Å². The maximum Gasteiger partial charge on any atom is 0.453 e. The van der Waals surface area contributed by atoms with Gasteiger partial charge in [-0.1, -0.05) is 0 Å². The lowest BCUT2D eigenvalue weighted by Crippen LogP contribution is -2.36. The second-order valence-electron chi connectivity index (χ2n) is 4.78.